The second kappa shape index (κ2) is 9.73. The fourth-order valence-electron chi connectivity index (χ4n) is 3.77. The van der Waals surface area contributed by atoms with Crippen LogP contribution in [0.1, 0.15) is 26.4 Å². The molecule has 2 aromatic carbocycles. The summed E-state index contributed by atoms with van der Waals surface area (Å²) >= 11 is 6.81. The number of fused-ring (bicyclic) bond motifs is 1. The molecule has 0 fully saturated rings. The van der Waals surface area contributed by atoms with Gasteiger partial charge in [-0.25, -0.2) is 8.42 Å². The Bertz CT molecular complexity index is 1390. The Balaban J connectivity index is 1.67. The van der Waals surface area contributed by atoms with E-state index in [9.17, 15) is 31.2 Å². The molecule has 0 saturated carbocycles. The van der Waals surface area contributed by atoms with Gasteiger partial charge in [-0.2, -0.15) is 17.5 Å². The van der Waals surface area contributed by atoms with Crippen molar-refractivity contribution in [2.75, 3.05) is 6.61 Å². The van der Waals surface area contributed by atoms with Crippen LogP contribution in [0.2, 0.25) is 4.34 Å². The van der Waals surface area contributed by atoms with Crippen LogP contribution in [0.25, 0.3) is 0 Å². The standard InChI is InChI=1S/C23H17ClF3NO5S2/c24-21-10-9-19(34-21)18(29)13-33-22(30)17-11-14-5-1-2-6-15(14)12-28(17)35(31,32)20-8-4-3-7-16(20)23(25,26)27/h1-10,17H,11-13H2/t17-/m0/s1. The van der Waals surface area contributed by atoms with Crippen LogP contribution in [0.5, 0.6) is 0 Å². The molecular formula is C23H17ClF3NO5S2. The molecule has 0 radical (unpaired) electrons. The summed E-state index contributed by atoms with van der Waals surface area (Å²) in [5.41, 5.74) is -0.133. The summed E-state index contributed by atoms with van der Waals surface area (Å²) in [6.45, 7) is -1.00. The molecule has 6 nitrogen and oxygen atoms in total. The average molecular weight is 544 g/mol. The quantitative estimate of drug-likeness (QED) is 0.324. The zero-order chi connectivity index (χ0) is 25.4. The highest BCUT2D eigenvalue weighted by Gasteiger charge is 2.44. The summed E-state index contributed by atoms with van der Waals surface area (Å²) in [5.74, 6) is -1.58. The van der Waals surface area contributed by atoms with E-state index < -0.39 is 51.1 Å². The maximum absolute atomic E-state index is 13.6. The van der Waals surface area contributed by atoms with E-state index in [0.29, 0.717) is 25.8 Å². The highest BCUT2D eigenvalue weighted by atomic mass is 35.5. The number of hydrogen-bond donors (Lipinski definition) is 0. The summed E-state index contributed by atoms with van der Waals surface area (Å²) in [6.07, 6.45) is -5.05. The normalized spacial score (nSPS) is 16.5. The predicted molar refractivity (Wildman–Crippen MR) is 123 cm³/mol. The molecule has 0 spiro atoms. The Morgan fingerprint density at radius 1 is 1.03 bits per heavy atom. The molecule has 1 atom stereocenters. The third-order valence-electron chi connectivity index (χ3n) is 5.45. The number of benzene rings is 2. The van der Waals surface area contributed by atoms with Gasteiger partial charge in [-0.3, -0.25) is 9.59 Å². The van der Waals surface area contributed by atoms with E-state index in [2.05, 4.69) is 0 Å². The van der Waals surface area contributed by atoms with Crippen molar-refractivity contribution >= 4 is 44.7 Å². The Morgan fingerprint density at radius 2 is 1.69 bits per heavy atom. The van der Waals surface area contributed by atoms with E-state index in [1.54, 1.807) is 24.3 Å². The van der Waals surface area contributed by atoms with Crippen LogP contribution < -0.4 is 0 Å². The number of esters is 1. The maximum atomic E-state index is 13.6. The van der Waals surface area contributed by atoms with Gasteiger partial charge in [-0.05, 0) is 35.4 Å². The van der Waals surface area contributed by atoms with Crippen molar-refractivity contribution in [1.29, 1.82) is 0 Å². The van der Waals surface area contributed by atoms with Crippen LogP contribution in [0.15, 0.2) is 65.6 Å². The minimum atomic E-state index is -4.93. The van der Waals surface area contributed by atoms with Gasteiger partial charge in [0, 0.05) is 13.0 Å². The third kappa shape index (κ3) is 5.27. The molecule has 4 rings (SSSR count). The molecule has 0 amide bonds. The SMILES string of the molecule is O=C(COC(=O)[C@@H]1Cc2ccccc2CN1S(=O)(=O)c1ccccc1C(F)(F)F)c1ccc(Cl)s1. The number of carbonyl (C=O) groups excluding carboxylic acids is 2. The number of ether oxygens (including phenoxy) is 1. The number of thiophene rings is 1. The summed E-state index contributed by atoms with van der Waals surface area (Å²) in [4.78, 5) is 24.6. The van der Waals surface area contributed by atoms with Crippen LogP contribution in [0.4, 0.5) is 13.2 Å². The van der Waals surface area contributed by atoms with Crippen molar-refractivity contribution in [3.8, 4) is 0 Å². The average Bonchev–Trinajstić information content (AvgIpc) is 3.27. The lowest BCUT2D eigenvalue weighted by Gasteiger charge is -2.34. The molecule has 1 aromatic heterocycles. The molecule has 0 saturated heterocycles. The van der Waals surface area contributed by atoms with Crippen LogP contribution >= 0.6 is 22.9 Å². The first-order chi connectivity index (χ1) is 16.5. The molecule has 35 heavy (non-hydrogen) atoms. The van der Waals surface area contributed by atoms with E-state index in [4.69, 9.17) is 16.3 Å². The summed E-state index contributed by atoms with van der Waals surface area (Å²) in [5, 5.41) is 0. The number of carbonyl (C=O) groups is 2. The van der Waals surface area contributed by atoms with E-state index in [0.717, 1.165) is 23.5 Å². The molecule has 0 N–H and O–H groups in total. The summed E-state index contributed by atoms with van der Waals surface area (Å²) in [7, 11) is -4.79. The first-order valence-electron chi connectivity index (χ1n) is 10.2. The van der Waals surface area contributed by atoms with Crippen LogP contribution in [-0.4, -0.2) is 37.1 Å². The molecule has 0 unspecified atom stereocenters. The molecule has 3 aromatic rings. The highest BCUT2D eigenvalue weighted by molar-refractivity contribution is 7.89. The van der Waals surface area contributed by atoms with Crippen molar-refractivity contribution in [1.82, 2.24) is 4.31 Å². The Kier molecular flexibility index (Phi) is 7.05. The van der Waals surface area contributed by atoms with Gasteiger partial charge in [-0.15, -0.1) is 11.3 Å². The second-order valence-electron chi connectivity index (χ2n) is 7.67. The van der Waals surface area contributed by atoms with Gasteiger partial charge >= 0.3 is 12.1 Å². The lowest BCUT2D eigenvalue weighted by molar-refractivity contribution is -0.147. The van der Waals surface area contributed by atoms with Gasteiger partial charge in [0.15, 0.2) is 6.61 Å². The zero-order valence-corrected chi connectivity index (χ0v) is 20.2. The van der Waals surface area contributed by atoms with Gasteiger partial charge < -0.3 is 4.74 Å². The van der Waals surface area contributed by atoms with Crippen LogP contribution in [0.3, 0.4) is 0 Å². The van der Waals surface area contributed by atoms with E-state index in [1.807, 2.05) is 0 Å². The fourth-order valence-corrected chi connectivity index (χ4v) is 6.51. The van der Waals surface area contributed by atoms with Gasteiger partial charge in [0.25, 0.3) is 0 Å². The summed E-state index contributed by atoms with van der Waals surface area (Å²) in [6, 6.07) is 12.0. The van der Waals surface area contributed by atoms with Gasteiger partial charge in [0.2, 0.25) is 15.8 Å². The summed E-state index contributed by atoms with van der Waals surface area (Å²) < 4.78 is 73.9. The minimum Gasteiger partial charge on any atom is -0.456 e. The molecular weight excluding hydrogens is 527 g/mol. The largest absolute Gasteiger partial charge is 0.456 e. The zero-order valence-electron chi connectivity index (χ0n) is 17.8. The minimum absolute atomic E-state index is 0.124. The number of sulfonamides is 1. The molecule has 1 aliphatic heterocycles. The van der Waals surface area contributed by atoms with E-state index in [1.165, 1.54) is 18.2 Å². The lowest BCUT2D eigenvalue weighted by atomic mass is 9.96. The van der Waals surface area contributed by atoms with Crippen molar-refractivity contribution in [3.05, 3.63) is 86.6 Å². The Hall–Kier alpha value is -2.73. The van der Waals surface area contributed by atoms with Crippen LogP contribution in [0, 0.1) is 0 Å². The van der Waals surface area contributed by atoms with Crippen molar-refractivity contribution in [2.45, 2.75) is 30.1 Å². The highest BCUT2D eigenvalue weighted by Crippen LogP contribution is 2.37. The van der Waals surface area contributed by atoms with Crippen molar-refractivity contribution in [3.63, 3.8) is 0 Å². The molecule has 1 aliphatic rings. The predicted octanol–water partition coefficient (Wildman–Crippen LogP) is 4.96. The van der Waals surface area contributed by atoms with Gasteiger partial charge in [-0.1, -0.05) is 48.0 Å². The smallest absolute Gasteiger partial charge is 0.417 e. The monoisotopic (exact) mass is 543 g/mol. The number of Topliss-reactive ketones (excluding diaryl/α,β-unsaturated/α-hetero) is 1. The maximum Gasteiger partial charge on any atom is 0.417 e. The number of halogens is 4. The number of nitrogens with zero attached hydrogens (tertiary/aromatic N) is 1. The molecule has 12 heteroatoms. The van der Waals surface area contributed by atoms with Crippen molar-refractivity contribution in [2.24, 2.45) is 0 Å². The first kappa shape index (κ1) is 25.4. The number of rotatable bonds is 6. The van der Waals surface area contributed by atoms with Crippen LogP contribution in [-0.2, 0) is 38.7 Å². The van der Waals surface area contributed by atoms with Gasteiger partial charge in [0.05, 0.1) is 19.7 Å². The molecule has 0 aliphatic carbocycles. The number of hydrogen-bond acceptors (Lipinski definition) is 6. The molecule has 184 valence electrons. The molecule has 0 bridgehead atoms. The number of ketones is 1. The Morgan fingerprint density at radius 3 is 2.34 bits per heavy atom. The lowest BCUT2D eigenvalue weighted by Crippen LogP contribution is -2.49. The van der Waals surface area contributed by atoms with Crippen molar-refractivity contribution < 1.29 is 35.9 Å². The van der Waals surface area contributed by atoms with E-state index >= 15 is 0 Å². The Labute approximate surface area is 207 Å². The first-order valence-corrected chi connectivity index (χ1v) is 12.8. The number of alkyl halides is 3. The topological polar surface area (TPSA) is 80.8 Å². The third-order valence-corrected chi connectivity index (χ3v) is 8.64. The second-order valence-corrected chi connectivity index (χ2v) is 11.2. The van der Waals surface area contributed by atoms with Gasteiger partial charge in [0.1, 0.15) is 6.04 Å². The molecule has 2 heterocycles. The van der Waals surface area contributed by atoms with E-state index in [-0.39, 0.29) is 17.8 Å². The fraction of sp³-hybridized carbons (Fsp3) is 0.217.